The second-order valence-electron chi connectivity index (χ2n) is 15.4. The number of benzene rings is 7. The van der Waals surface area contributed by atoms with E-state index in [0.717, 1.165) is 32.9 Å². The van der Waals surface area contributed by atoms with Gasteiger partial charge in [-0.25, -0.2) is 0 Å². The van der Waals surface area contributed by atoms with Crippen LogP contribution in [-0.4, -0.2) is 18.7 Å². The molecule has 2 aliphatic rings. The Morgan fingerprint density at radius 3 is 0.730 bits per heavy atom. The van der Waals surface area contributed by atoms with Crippen molar-refractivity contribution in [3.8, 4) is 0 Å². The summed E-state index contributed by atoms with van der Waals surface area (Å²) in [5.74, 6) is -1.96. The van der Waals surface area contributed by atoms with E-state index in [9.17, 15) is 0 Å². The Balaban J connectivity index is 0.00000166. The van der Waals surface area contributed by atoms with Crippen molar-refractivity contribution in [2.75, 3.05) is 0 Å². The molecule has 9 aromatic rings. The molecule has 4 unspecified atom stereocenters. The van der Waals surface area contributed by atoms with Gasteiger partial charge in [-0.2, -0.15) is 18.7 Å². The van der Waals surface area contributed by atoms with E-state index in [1.54, 1.807) is 43.0 Å². The first-order chi connectivity index (χ1) is 30.5. The molecule has 0 spiro atoms. The van der Waals surface area contributed by atoms with Crippen molar-refractivity contribution < 1.29 is 18.2 Å². The van der Waals surface area contributed by atoms with Crippen LogP contribution in [-0.2, 0) is 18.2 Å². The zero-order valence-electron chi connectivity index (χ0n) is 33.9. The number of hydrogen-bond donors (Lipinski definition) is 0. The minimum absolute atomic E-state index is 0. The minimum atomic E-state index is -2.09. The Morgan fingerprint density at radius 2 is 0.508 bits per heavy atom. The molecule has 8 nitrogen and oxygen atoms in total. The molecule has 0 fully saturated rings. The van der Waals surface area contributed by atoms with E-state index in [1.807, 2.05) is 97.1 Å². The maximum atomic E-state index is 15.0. The van der Waals surface area contributed by atoms with E-state index >= 15 is 19.2 Å². The third-order valence-corrected chi connectivity index (χ3v) is 19.3. The molecule has 11 rings (SSSR count). The van der Waals surface area contributed by atoms with Crippen LogP contribution in [0.4, 0.5) is 0 Å². The topological polar surface area (TPSA) is 88.0 Å². The van der Waals surface area contributed by atoms with Crippen LogP contribution in [0.2, 0.25) is 0 Å². The number of aromatic nitrogens is 4. The van der Waals surface area contributed by atoms with E-state index < -0.39 is 39.0 Å². The summed E-state index contributed by atoms with van der Waals surface area (Å²) in [5.41, 5.74) is 2.90. The fourth-order valence-electron chi connectivity index (χ4n) is 9.79. The fourth-order valence-corrected chi connectivity index (χ4v) is 18.0. The van der Waals surface area contributed by atoms with Crippen molar-refractivity contribution in [1.82, 2.24) is 18.7 Å². The molecule has 6 atom stereocenters. The SMILES string of the molecule is O=c1c2ccccc2c(=O)n2n1C(c1ccccc1)[PH+](c1ccccc1[PH+]1C(c3ccccc3)n3c(=O)c4ccccc4c(=O)n3[C@@H]1c1ccccc1)[C@H]2c1ccccc1.[CH3-].[Cl][Pd+]. The molecule has 4 heterocycles. The zero-order chi connectivity index (χ0) is 42.5. The number of halogens is 1. The van der Waals surface area contributed by atoms with E-state index in [4.69, 9.17) is 0 Å². The second kappa shape index (κ2) is 17.8. The van der Waals surface area contributed by atoms with Crippen LogP contribution in [0.1, 0.15) is 45.4 Å². The molecule has 314 valence electrons. The monoisotopic (exact) mass is 976 g/mol. The zero-order valence-corrected chi connectivity index (χ0v) is 38.2. The van der Waals surface area contributed by atoms with Gasteiger partial charge in [-0.3, -0.25) is 19.2 Å². The predicted molar refractivity (Wildman–Crippen MR) is 258 cm³/mol. The van der Waals surface area contributed by atoms with Crippen LogP contribution in [0.3, 0.4) is 0 Å². The van der Waals surface area contributed by atoms with Gasteiger partial charge in [0.25, 0.3) is 22.2 Å². The summed E-state index contributed by atoms with van der Waals surface area (Å²) in [5, 5.41) is 3.69. The Bertz CT molecular complexity index is 2940. The molecular formula is C51H41ClN4O4P2Pd+2. The summed E-state index contributed by atoms with van der Waals surface area (Å²) in [7, 11) is 0.304. The van der Waals surface area contributed by atoms with Gasteiger partial charge in [-0.15, -0.1) is 0 Å². The number of nitrogens with zero attached hydrogens (tertiary/aromatic N) is 4. The number of rotatable bonds is 6. The molecule has 63 heavy (non-hydrogen) atoms. The first-order valence-electron chi connectivity index (χ1n) is 20.2. The van der Waals surface area contributed by atoms with Gasteiger partial charge in [0.05, 0.1) is 37.4 Å². The van der Waals surface area contributed by atoms with Gasteiger partial charge in [-0.05, 0) is 36.4 Å². The quantitative estimate of drug-likeness (QED) is 0.0946. The fraction of sp³-hybridized carbons (Fsp3) is 0.0784. The summed E-state index contributed by atoms with van der Waals surface area (Å²) in [4.78, 5) is 60.1. The Morgan fingerprint density at radius 1 is 0.317 bits per heavy atom. The number of hydrogen-bond acceptors (Lipinski definition) is 4. The Kier molecular flexibility index (Phi) is 12.0. The van der Waals surface area contributed by atoms with Crippen molar-refractivity contribution in [2.24, 2.45) is 0 Å². The first-order valence-corrected chi connectivity index (χ1v) is 25.5. The molecule has 0 bridgehead atoms. The molecular weight excluding hydrogens is 936 g/mol. The average Bonchev–Trinajstić information content (AvgIpc) is 3.90. The van der Waals surface area contributed by atoms with Crippen LogP contribution in [0.25, 0.3) is 21.5 Å². The van der Waals surface area contributed by atoms with Crippen molar-refractivity contribution in [1.29, 1.82) is 0 Å². The second-order valence-corrected chi connectivity index (χ2v) is 20.5. The summed E-state index contributed by atoms with van der Waals surface area (Å²) < 4.78 is 6.98. The Hall–Kier alpha value is -5.77. The third kappa shape index (κ3) is 6.86. The third-order valence-electron chi connectivity index (χ3n) is 12.2. The van der Waals surface area contributed by atoms with Crippen LogP contribution in [0.5, 0.6) is 0 Å². The molecule has 0 amide bonds. The van der Waals surface area contributed by atoms with Gasteiger partial charge in [0.1, 0.15) is 10.6 Å². The van der Waals surface area contributed by atoms with Crippen molar-refractivity contribution in [3.63, 3.8) is 0 Å². The molecule has 2 aromatic heterocycles. The Labute approximate surface area is 380 Å². The summed E-state index contributed by atoms with van der Waals surface area (Å²) in [6.07, 6.45) is 0. The van der Waals surface area contributed by atoms with Crippen molar-refractivity contribution in [2.45, 2.75) is 23.1 Å². The molecule has 0 N–H and O–H groups in total. The maximum absolute atomic E-state index is 15.0. The molecule has 0 saturated carbocycles. The van der Waals surface area contributed by atoms with Gasteiger partial charge in [0.2, 0.25) is 0 Å². The van der Waals surface area contributed by atoms with E-state index in [1.165, 1.54) is 0 Å². The van der Waals surface area contributed by atoms with Gasteiger partial charge >= 0.3 is 27.7 Å². The van der Waals surface area contributed by atoms with Crippen LogP contribution in [0, 0.1) is 7.43 Å². The van der Waals surface area contributed by atoms with Gasteiger partial charge in [-0.1, -0.05) is 158 Å². The predicted octanol–water partition coefficient (Wildman–Crippen LogP) is 9.07. The molecule has 2 aliphatic heterocycles. The van der Waals surface area contributed by atoms with Crippen molar-refractivity contribution in [3.05, 3.63) is 265 Å². The molecule has 12 heteroatoms. The van der Waals surface area contributed by atoms with Gasteiger partial charge in [0.15, 0.2) is 23.1 Å². The molecule has 0 aliphatic carbocycles. The van der Waals surface area contributed by atoms with Crippen LogP contribution in [0.15, 0.2) is 213 Å². The van der Waals surface area contributed by atoms with Crippen LogP contribution < -0.4 is 32.8 Å². The summed E-state index contributed by atoms with van der Waals surface area (Å²) in [6, 6.07) is 63.0. The van der Waals surface area contributed by atoms with E-state index in [-0.39, 0.29) is 29.7 Å². The van der Waals surface area contributed by atoms with E-state index in [0.29, 0.717) is 21.5 Å². The molecule has 0 saturated heterocycles. The van der Waals surface area contributed by atoms with Crippen LogP contribution >= 0.6 is 25.4 Å². The first kappa shape index (κ1) is 42.5. The summed E-state index contributed by atoms with van der Waals surface area (Å²) in [6.45, 7) is 0. The van der Waals surface area contributed by atoms with Gasteiger partial charge in [0, 0.05) is 22.3 Å². The average molecular weight is 978 g/mol. The van der Waals surface area contributed by atoms with Crippen molar-refractivity contribution >= 4 is 57.5 Å². The molecule has 0 radical (unpaired) electrons. The number of fused-ring (bicyclic) bond motifs is 4. The van der Waals surface area contributed by atoms with E-state index in [2.05, 4.69) is 101 Å². The molecule has 7 aromatic carbocycles. The normalized spacial score (nSPS) is 19.7. The summed E-state index contributed by atoms with van der Waals surface area (Å²) >= 11 is 2.22. The van der Waals surface area contributed by atoms with Gasteiger partial charge < -0.3 is 7.43 Å². The standard InChI is InChI=1S/C50H36N4O4P2.CH3.ClH.Pd/c55-43-37-27-13-14-28-38(37)44(56)52-48(34-21-7-2-8-22-34)59(47(51(43)52)33-19-5-1-6-20-33)41-31-17-18-32-42(41)60-49(35-23-9-3-10-24-35)53-45(57)39-29-15-16-30-40(39)46(58)54(53)50(60)36-25-11-4-12-26-36;;;/h1-32,47-50H;1H3;1H;/q;-1;;+2/p+1/t47-,48?,49-,50?,59?,60?;;;/m0.../s1.